The molecule has 0 amide bonds. The summed E-state index contributed by atoms with van der Waals surface area (Å²) < 4.78 is 0. The van der Waals surface area contributed by atoms with Crippen LogP contribution in [0.1, 0.15) is 30.4 Å². The molecule has 1 heterocycles. The zero-order chi connectivity index (χ0) is 11.8. The lowest BCUT2D eigenvalue weighted by atomic mass is 10.1. The molecule has 1 aromatic rings. The third-order valence-electron chi connectivity index (χ3n) is 4.02. The second-order valence-corrected chi connectivity index (χ2v) is 5.67. The average Bonchev–Trinajstić information content (AvgIpc) is 3.04. The number of aryl methyl sites for hydroxylation is 2. The lowest BCUT2D eigenvalue weighted by Crippen LogP contribution is -2.27. The van der Waals surface area contributed by atoms with E-state index in [2.05, 4.69) is 42.3 Å². The van der Waals surface area contributed by atoms with Crippen molar-refractivity contribution in [2.24, 2.45) is 0 Å². The van der Waals surface area contributed by atoms with Crippen molar-refractivity contribution >= 4 is 5.69 Å². The molecule has 2 aliphatic rings. The number of nitrogens with zero attached hydrogens (tertiary/aromatic N) is 1. The van der Waals surface area contributed by atoms with E-state index in [1.165, 1.54) is 49.2 Å². The van der Waals surface area contributed by atoms with Crippen LogP contribution in [0.25, 0.3) is 0 Å². The van der Waals surface area contributed by atoms with Gasteiger partial charge < -0.3 is 5.32 Å². The third-order valence-corrected chi connectivity index (χ3v) is 4.02. The largest absolute Gasteiger partial charge is 0.381 e. The predicted molar refractivity (Wildman–Crippen MR) is 72.5 cm³/mol. The Morgan fingerprint density at radius 2 is 2.00 bits per heavy atom. The van der Waals surface area contributed by atoms with Crippen LogP contribution in [-0.4, -0.2) is 30.1 Å². The topological polar surface area (TPSA) is 15.3 Å². The van der Waals surface area contributed by atoms with Gasteiger partial charge in [0.15, 0.2) is 0 Å². The molecule has 0 spiro atoms. The van der Waals surface area contributed by atoms with Gasteiger partial charge in [-0.1, -0.05) is 17.7 Å². The molecule has 2 fully saturated rings. The second-order valence-electron chi connectivity index (χ2n) is 5.67. The summed E-state index contributed by atoms with van der Waals surface area (Å²) in [7, 11) is 0. The van der Waals surface area contributed by atoms with Gasteiger partial charge in [-0.05, 0) is 44.7 Å². The highest BCUT2D eigenvalue weighted by Crippen LogP contribution is 2.30. The Morgan fingerprint density at radius 3 is 2.71 bits per heavy atom. The van der Waals surface area contributed by atoms with E-state index in [9.17, 15) is 0 Å². The van der Waals surface area contributed by atoms with Crippen LogP contribution < -0.4 is 5.32 Å². The molecule has 1 N–H and O–H groups in total. The molecule has 1 aromatic carbocycles. The Labute approximate surface area is 104 Å². The molecule has 0 radical (unpaired) electrons. The van der Waals surface area contributed by atoms with Crippen molar-refractivity contribution in [2.75, 3.05) is 18.4 Å². The lowest BCUT2D eigenvalue weighted by Gasteiger charge is -2.18. The Bertz CT molecular complexity index is 409. The number of likely N-dealkylation sites (tertiary alicyclic amines) is 1. The van der Waals surface area contributed by atoms with Crippen molar-refractivity contribution in [3.63, 3.8) is 0 Å². The van der Waals surface area contributed by atoms with Crippen LogP contribution in [-0.2, 0) is 0 Å². The number of hydrogen-bond acceptors (Lipinski definition) is 2. The molecule has 2 nitrogen and oxygen atoms in total. The fourth-order valence-electron chi connectivity index (χ4n) is 2.87. The Hall–Kier alpha value is -1.02. The van der Waals surface area contributed by atoms with Gasteiger partial charge in [-0.2, -0.15) is 0 Å². The molecule has 0 aromatic heterocycles. The average molecular weight is 230 g/mol. The van der Waals surface area contributed by atoms with Gasteiger partial charge >= 0.3 is 0 Å². The Morgan fingerprint density at radius 1 is 1.18 bits per heavy atom. The van der Waals surface area contributed by atoms with E-state index in [1.54, 1.807) is 0 Å². The smallest absolute Gasteiger partial charge is 0.0400 e. The molecule has 1 atom stereocenters. The predicted octanol–water partition coefficient (Wildman–Crippen LogP) is 2.95. The van der Waals surface area contributed by atoms with E-state index < -0.39 is 0 Å². The summed E-state index contributed by atoms with van der Waals surface area (Å²) in [5.74, 6) is 0. The molecule has 1 saturated heterocycles. The van der Waals surface area contributed by atoms with Gasteiger partial charge in [0.1, 0.15) is 0 Å². The van der Waals surface area contributed by atoms with Crippen molar-refractivity contribution < 1.29 is 0 Å². The summed E-state index contributed by atoms with van der Waals surface area (Å²) in [6, 6.07) is 8.25. The van der Waals surface area contributed by atoms with Crippen molar-refractivity contribution in [3.05, 3.63) is 29.3 Å². The normalized spacial score (nSPS) is 25.2. The van der Waals surface area contributed by atoms with E-state index in [-0.39, 0.29) is 0 Å². The first-order valence-electron chi connectivity index (χ1n) is 6.80. The minimum Gasteiger partial charge on any atom is -0.381 e. The summed E-state index contributed by atoms with van der Waals surface area (Å²) in [6.07, 6.45) is 4.15. The summed E-state index contributed by atoms with van der Waals surface area (Å²) in [6.45, 7) is 6.87. The maximum Gasteiger partial charge on any atom is 0.0400 e. The monoisotopic (exact) mass is 230 g/mol. The number of hydrogen-bond donors (Lipinski definition) is 1. The van der Waals surface area contributed by atoms with Crippen LogP contribution >= 0.6 is 0 Å². The zero-order valence-electron chi connectivity index (χ0n) is 10.9. The summed E-state index contributed by atoms with van der Waals surface area (Å²) in [4.78, 5) is 2.65. The summed E-state index contributed by atoms with van der Waals surface area (Å²) in [5, 5.41) is 3.71. The fraction of sp³-hybridized carbons (Fsp3) is 0.600. The molecule has 2 heteroatoms. The van der Waals surface area contributed by atoms with Crippen LogP contribution in [0.4, 0.5) is 5.69 Å². The van der Waals surface area contributed by atoms with E-state index >= 15 is 0 Å². The van der Waals surface area contributed by atoms with Gasteiger partial charge in [-0.15, -0.1) is 0 Å². The molecular weight excluding hydrogens is 208 g/mol. The van der Waals surface area contributed by atoms with Crippen molar-refractivity contribution in [2.45, 2.75) is 45.2 Å². The molecule has 1 aliphatic carbocycles. The van der Waals surface area contributed by atoms with Gasteiger partial charge in [0.25, 0.3) is 0 Å². The summed E-state index contributed by atoms with van der Waals surface area (Å²) in [5.41, 5.74) is 4.03. The van der Waals surface area contributed by atoms with Crippen molar-refractivity contribution in [1.82, 2.24) is 4.90 Å². The van der Waals surface area contributed by atoms with E-state index in [4.69, 9.17) is 0 Å². The van der Waals surface area contributed by atoms with Crippen LogP contribution in [0, 0.1) is 13.8 Å². The molecule has 1 saturated carbocycles. The van der Waals surface area contributed by atoms with Crippen LogP contribution in [0.3, 0.4) is 0 Å². The molecule has 1 unspecified atom stereocenters. The minimum atomic E-state index is 0.650. The highest BCUT2D eigenvalue weighted by atomic mass is 15.2. The SMILES string of the molecule is Cc1ccc(NC2CCN(C3CC3)C2)c(C)c1. The molecule has 92 valence electrons. The fourth-order valence-corrected chi connectivity index (χ4v) is 2.87. The maximum atomic E-state index is 3.71. The van der Waals surface area contributed by atoms with Crippen LogP contribution in [0.15, 0.2) is 18.2 Å². The number of anilines is 1. The standard InChI is InChI=1S/C15H22N2/c1-11-3-6-15(12(2)9-11)16-13-7-8-17(10-13)14-4-5-14/h3,6,9,13-14,16H,4-5,7-8,10H2,1-2H3. The first-order valence-corrected chi connectivity index (χ1v) is 6.80. The maximum absolute atomic E-state index is 3.71. The molecule has 1 aliphatic heterocycles. The van der Waals surface area contributed by atoms with Crippen molar-refractivity contribution in [1.29, 1.82) is 0 Å². The van der Waals surface area contributed by atoms with Gasteiger partial charge in [0.05, 0.1) is 0 Å². The Kier molecular flexibility index (Phi) is 2.83. The van der Waals surface area contributed by atoms with Gasteiger partial charge in [0.2, 0.25) is 0 Å². The quantitative estimate of drug-likeness (QED) is 0.859. The van der Waals surface area contributed by atoms with E-state index in [0.717, 1.165) is 6.04 Å². The molecule has 3 rings (SSSR count). The number of nitrogens with one attached hydrogen (secondary N) is 1. The Balaban J connectivity index is 1.63. The molecule has 0 bridgehead atoms. The lowest BCUT2D eigenvalue weighted by molar-refractivity contribution is 0.326. The van der Waals surface area contributed by atoms with Crippen LogP contribution in [0.5, 0.6) is 0 Å². The molecule has 17 heavy (non-hydrogen) atoms. The van der Waals surface area contributed by atoms with Crippen LogP contribution in [0.2, 0.25) is 0 Å². The van der Waals surface area contributed by atoms with Gasteiger partial charge in [0, 0.05) is 30.9 Å². The zero-order valence-corrected chi connectivity index (χ0v) is 10.9. The number of rotatable bonds is 3. The van der Waals surface area contributed by atoms with Gasteiger partial charge in [-0.25, -0.2) is 0 Å². The minimum absolute atomic E-state index is 0.650. The van der Waals surface area contributed by atoms with E-state index in [1.807, 2.05) is 0 Å². The van der Waals surface area contributed by atoms with Gasteiger partial charge in [-0.3, -0.25) is 4.90 Å². The van der Waals surface area contributed by atoms with E-state index in [0.29, 0.717) is 6.04 Å². The molecular formula is C15H22N2. The van der Waals surface area contributed by atoms with Crippen molar-refractivity contribution in [3.8, 4) is 0 Å². The first kappa shape index (κ1) is 11.1. The second kappa shape index (κ2) is 4.34. The first-order chi connectivity index (χ1) is 8.22. The number of benzene rings is 1. The third kappa shape index (κ3) is 2.47. The highest BCUT2D eigenvalue weighted by Gasteiger charge is 2.34. The highest BCUT2D eigenvalue weighted by molar-refractivity contribution is 5.52. The summed E-state index contributed by atoms with van der Waals surface area (Å²) >= 11 is 0.